The fraction of sp³-hybridized carbons (Fsp3) is 0.375. The Morgan fingerprint density at radius 3 is 2.38 bits per heavy atom. The number of carboxylic acids is 1. The number of hydrogen-bond acceptors (Lipinski definition) is 6. The van der Waals surface area contributed by atoms with Crippen LogP contribution in [0.15, 0.2) is 30.6 Å². The van der Waals surface area contributed by atoms with Gasteiger partial charge in [0.2, 0.25) is 11.7 Å². The van der Waals surface area contributed by atoms with E-state index in [1.807, 2.05) is 24.3 Å². The molecule has 0 saturated carbocycles. The topological polar surface area (TPSA) is 118 Å². The Hall–Kier alpha value is -2.90. The molecule has 0 atom stereocenters. The van der Waals surface area contributed by atoms with Crippen LogP contribution in [0, 0.1) is 0 Å². The maximum Gasteiger partial charge on any atom is 0.303 e. The highest BCUT2D eigenvalue weighted by atomic mass is 16.4. The minimum atomic E-state index is -0.782. The molecule has 1 aromatic heterocycles. The maximum absolute atomic E-state index is 11.9. The average Bonchev–Trinajstić information content (AvgIpc) is 2.59. The van der Waals surface area contributed by atoms with Gasteiger partial charge in [-0.15, -0.1) is 20.4 Å². The lowest BCUT2D eigenvalue weighted by atomic mass is 10.1. The van der Waals surface area contributed by atoms with E-state index in [4.69, 9.17) is 5.11 Å². The monoisotopic (exact) mass is 329 g/mol. The summed E-state index contributed by atoms with van der Waals surface area (Å²) in [4.78, 5) is 22.2. The van der Waals surface area contributed by atoms with Gasteiger partial charge < -0.3 is 10.4 Å². The molecule has 126 valence electrons. The molecular weight excluding hydrogens is 310 g/mol. The Kier molecular flexibility index (Phi) is 6.75. The molecule has 0 unspecified atom stereocenters. The molecule has 1 heterocycles. The first-order chi connectivity index (χ1) is 11.6. The molecule has 1 aromatic carbocycles. The van der Waals surface area contributed by atoms with Gasteiger partial charge in [0.15, 0.2) is 6.33 Å². The second-order valence-electron chi connectivity index (χ2n) is 5.30. The molecule has 0 radical (unpaired) electrons. The van der Waals surface area contributed by atoms with E-state index in [-0.39, 0.29) is 12.3 Å². The van der Waals surface area contributed by atoms with E-state index in [1.165, 1.54) is 6.33 Å². The Balaban J connectivity index is 1.71. The van der Waals surface area contributed by atoms with Crippen molar-refractivity contribution in [3.05, 3.63) is 36.2 Å². The third-order valence-corrected chi connectivity index (χ3v) is 3.37. The van der Waals surface area contributed by atoms with Gasteiger partial charge in [0, 0.05) is 18.5 Å². The minimum Gasteiger partial charge on any atom is -0.481 e. The summed E-state index contributed by atoms with van der Waals surface area (Å²) in [5, 5.41) is 26.5. The van der Waals surface area contributed by atoms with E-state index < -0.39 is 5.97 Å². The molecule has 2 rings (SSSR count). The van der Waals surface area contributed by atoms with Gasteiger partial charge in [-0.25, -0.2) is 0 Å². The molecule has 0 aliphatic heterocycles. The van der Waals surface area contributed by atoms with Crippen LogP contribution in [0.1, 0.15) is 31.2 Å². The summed E-state index contributed by atoms with van der Waals surface area (Å²) in [5.74, 6) is -0.398. The largest absolute Gasteiger partial charge is 0.481 e. The van der Waals surface area contributed by atoms with Crippen LogP contribution in [0.2, 0.25) is 0 Å². The third-order valence-electron chi connectivity index (χ3n) is 3.37. The Labute approximate surface area is 139 Å². The van der Waals surface area contributed by atoms with Gasteiger partial charge in [0.25, 0.3) is 0 Å². The summed E-state index contributed by atoms with van der Waals surface area (Å²) in [5.41, 5.74) is 1.68. The van der Waals surface area contributed by atoms with Gasteiger partial charge in [-0.2, -0.15) is 0 Å². The fourth-order valence-electron chi connectivity index (χ4n) is 2.14. The quantitative estimate of drug-likeness (QED) is 0.664. The van der Waals surface area contributed by atoms with Gasteiger partial charge >= 0.3 is 5.97 Å². The molecule has 8 heteroatoms. The molecule has 1 amide bonds. The maximum atomic E-state index is 11.9. The zero-order chi connectivity index (χ0) is 17.2. The molecule has 8 nitrogen and oxygen atoms in total. The summed E-state index contributed by atoms with van der Waals surface area (Å²) < 4.78 is 0. The number of unbranched alkanes of at least 4 members (excludes halogenated alkanes) is 2. The molecule has 0 saturated heterocycles. The van der Waals surface area contributed by atoms with E-state index in [9.17, 15) is 9.59 Å². The standard InChI is InChI=1S/C16H19N5O3/c22-14(17-9-3-1-2-4-15(23)24)10-12-5-7-13(8-6-12)16-20-18-11-19-21-16/h5-8,11H,1-4,9-10H2,(H,17,22)(H,23,24). The van der Waals surface area contributed by atoms with E-state index >= 15 is 0 Å². The molecule has 24 heavy (non-hydrogen) atoms. The van der Waals surface area contributed by atoms with Gasteiger partial charge in [-0.3, -0.25) is 9.59 Å². The summed E-state index contributed by atoms with van der Waals surface area (Å²) in [6, 6.07) is 7.34. The number of hydrogen-bond donors (Lipinski definition) is 2. The van der Waals surface area contributed by atoms with E-state index in [2.05, 4.69) is 25.7 Å². The Morgan fingerprint density at radius 2 is 1.71 bits per heavy atom. The summed E-state index contributed by atoms with van der Waals surface area (Å²) in [6.07, 6.45) is 3.95. The van der Waals surface area contributed by atoms with Crippen molar-refractivity contribution in [2.24, 2.45) is 0 Å². The summed E-state index contributed by atoms with van der Waals surface area (Å²) >= 11 is 0. The van der Waals surface area contributed by atoms with Crippen molar-refractivity contribution in [3.8, 4) is 11.4 Å². The normalized spacial score (nSPS) is 10.3. The fourth-order valence-corrected chi connectivity index (χ4v) is 2.14. The first-order valence-corrected chi connectivity index (χ1v) is 7.73. The van der Waals surface area contributed by atoms with Gasteiger partial charge in [-0.05, 0) is 18.4 Å². The zero-order valence-corrected chi connectivity index (χ0v) is 13.2. The predicted molar refractivity (Wildman–Crippen MR) is 85.9 cm³/mol. The molecule has 2 aromatic rings. The Morgan fingerprint density at radius 1 is 1.00 bits per heavy atom. The van der Waals surface area contributed by atoms with E-state index in [0.29, 0.717) is 25.2 Å². The minimum absolute atomic E-state index is 0.0553. The van der Waals surface area contributed by atoms with Crippen LogP contribution in [-0.2, 0) is 16.0 Å². The molecule has 0 aliphatic rings. The van der Waals surface area contributed by atoms with Crippen molar-refractivity contribution in [2.75, 3.05) is 6.54 Å². The lowest BCUT2D eigenvalue weighted by Gasteiger charge is -2.06. The number of aliphatic carboxylic acids is 1. The number of benzene rings is 1. The van der Waals surface area contributed by atoms with Gasteiger partial charge in [0.05, 0.1) is 6.42 Å². The van der Waals surface area contributed by atoms with E-state index in [1.54, 1.807) is 0 Å². The highest BCUT2D eigenvalue weighted by molar-refractivity contribution is 5.78. The number of carbonyl (C=O) groups is 2. The van der Waals surface area contributed by atoms with Crippen LogP contribution in [0.4, 0.5) is 0 Å². The first-order valence-electron chi connectivity index (χ1n) is 7.73. The number of carboxylic acid groups (broad SMARTS) is 1. The molecule has 0 aliphatic carbocycles. The third kappa shape index (κ3) is 6.07. The van der Waals surface area contributed by atoms with Crippen molar-refractivity contribution in [2.45, 2.75) is 32.1 Å². The van der Waals surface area contributed by atoms with Crippen LogP contribution in [0.3, 0.4) is 0 Å². The van der Waals surface area contributed by atoms with Gasteiger partial charge in [-0.1, -0.05) is 30.7 Å². The highest BCUT2D eigenvalue weighted by Gasteiger charge is 2.05. The number of nitrogens with zero attached hydrogens (tertiary/aromatic N) is 4. The SMILES string of the molecule is O=C(O)CCCCCNC(=O)Cc1ccc(-c2nncnn2)cc1. The van der Waals surface area contributed by atoms with Gasteiger partial charge in [0.1, 0.15) is 0 Å². The smallest absolute Gasteiger partial charge is 0.303 e. The lowest BCUT2D eigenvalue weighted by molar-refractivity contribution is -0.137. The number of nitrogens with one attached hydrogen (secondary N) is 1. The van der Waals surface area contributed by atoms with Crippen molar-refractivity contribution < 1.29 is 14.7 Å². The molecular formula is C16H19N5O3. The molecule has 0 fully saturated rings. The van der Waals surface area contributed by atoms with E-state index in [0.717, 1.165) is 24.0 Å². The van der Waals surface area contributed by atoms with Crippen LogP contribution in [0.5, 0.6) is 0 Å². The molecule has 2 N–H and O–H groups in total. The van der Waals surface area contributed by atoms with Crippen LogP contribution in [-0.4, -0.2) is 43.9 Å². The van der Waals surface area contributed by atoms with Crippen LogP contribution in [0.25, 0.3) is 11.4 Å². The predicted octanol–water partition coefficient (Wildman–Crippen LogP) is 1.24. The van der Waals surface area contributed by atoms with Crippen molar-refractivity contribution >= 4 is 11.9 Å². The second-order valence-corrected chi connectivity index (χ2v) is 5.30. The molecule has 0 spiro atoms. The molecule has 0 bridgehead atoms. The number of amides is 1. The number of rotatable bonds is 9. The van der Waals surface area contributed by atoms with Crippen molar-refractivity contribution in [1.82, 2.24) is 25.7 Å². The summed E-state index contributed by atoms with van der Waals surface area (Å²) in [6.45, 7) is 0.561. The van der Waals surface area contributed by atoms with Crippen LogP contribution < -0.4 is 5.32 Å². The zero-order valence-electron chi connectivity index (χ0n) is 13.2. The number of carbonyl (C=O) groups excluding carboxylic acids is 1. The first kappa shape index (κ1) is 17.5. The Bertz CT molecular complexity index is 661. The summed E-state index contributed by atoms with van der Waals surface area (Å²) in [7, 11) is 0. The number of aromatic nitrogens is 4. The highest BCUT2D eigenvalue weighted by Crippen LogP contribution is 2.14. The van der Waals surface area contributed by atoms with Crippen LogP contribution >= 0.6 is 0 Å². The second kappa shape index (κ2) is 9.29. The van der Waals surface area contributed by atoms with Crippen molar-refractivity contribution in [3.63, 3.8) is 0 Å². The van der Waals surface area contributed by atoms with Crippen molar-refractivity contribution in [1.29, 1.82) is 0 Å². The lowest BCUT2D eigenvalue weighted by Crippen LogP contribution is -2.26. The average molecular weight is 329 g/mol.